The average Bonchev–Trinajstić information content (AvgIpc) is 3.17. The van der Waals surface area contributed by atoms with Gasteiger partial charge in [0.05, 0.1) is 23.9 Å². The van der Waals surface area contributed by atoms with Crippen LogP contribution in [0.5, 0.6) is 5.75 Å². The molecule has 0 fully saturated rings. The summed E-state index contributed by atoms with van der Waals surface area (Å²) in [6.07, 6.45) is 0.890. The highest BCUT2D eigenvalue weighted by atomic mass is 16.5. The first kappa shape index (κ1) is 21.5. The molecule has 1 atom stereocenters. The van der Waals surface area contributed by atoms with Crippen molar-refractivity contribution in [3.63, 3.8) is 0 Å². The van der Waals surface area contributed by atoms with Gasteiger partial charge in [0, 0.05) is 11.8 Å². The molecule has 32 heavy (non-hydrogen) atoms. The van der Waals surface area contributed by atoms with Crippen LogP contribution >= 0.6 is 0 Å². The fourth-order valence-corrected chi connectivity index (χ4v) is 3.92. The van der Waals surface area contributed by atoms with Gasteiger partial charge in [-0.15, -0.1) is 0 Å². The van der Waals surface area contributed by atoms with Gasteiger partial charge in [-0.2, -0.15) is 20.6 Å². The molecular formula is C25H26N6O. The van der Waals surface area contributed by atoms with Crippen LogP contribution in [0.15, 0.2) is 54.6 Å². The molecule has 7 nitrogen and oxygen atoms in total. The van der Waals surface area contributed by atoms with Gasteiger partial charge >= 0.3 is 0 Å². The number of hydrogen-bond donors (Lipinski definition) is 1. The van der Waals surface area contributed by atoms with Gasteiger partial charge in [-0.05, 0) is 45.1 Å². The molecule has 0 radical (unpaired) electrons. The van der Waals surface area contributed by atoms with Crippen LogP contribution in [0.2, 0.25) is 0 Å². The second-order valence-electron chi connectivity index (χ2n) is 7.66. The second kappa shape index (κ2) is 9.58. The Bertz CT molecular complexity index is 1260. The molecule has 162 valence electrons. The van der Waals surface area contributed by atoms with Crippen molar-refractivity contribution in [3.8, 4) is 17.5 Å². The molecule has 2 aromatic carbocycles. The Morgan fingerprint density at radius 1 is 1.06 bits per heavy atom. The number of rotatable bonds is 8. The van der Waals surface area contributed by atoms with E-state index in [1.54, 1.807) is 0 Å². The molecule has 0 aliphatic heterocycles. The summed E-state index contributed by atoms with van der Waals surface area (Å²) in [5, 5.41) is 26.6. The maximum atomic E-state index is 9.19. The average molecular weight is 427 g/mol. The molecule has 4 rings (SSSR count). The summed E-state index contributed by atoms with van der Waals surface area (Å²) in [5.74, 6) is 0.744. The molecule has 0 bridgehead atoms. The third-order valence-electron chi connectivity index (χ3n) is 5.51. The number of para-hydroxylation sites is 2. The summed E-state index contributed by atoms with van der Waals surface area (Å²) in [4.78, 5) is 0. The van der Waals surface area contributed by atoms with Crippen molar-refractivity contribution in [2.75, 3.05) is 13.6 Å². The Hall–Kier alpha value is -3.76. The fraction of sp³-hybridized carbons (Fsp3) is 0.280. The molecule has 2 aromatic heterocycles. The fourth-order valence-electron chi connectivity index (χ4n) is 3.92. The molecule has 1 N–H and O–H groups in total. The number of nitriles is 1. The van der Waals surface area contributed by atoms with Gasteiger partial charge in [-0.1, -0.05) is 42.5 Å². The minimum Gasteiger partial charge on any atom is -0.483 e. The summed E-state index contributed by atoms with van der Waals surface area (Å²) in [6, 6.07) is 20.3. The molecule has 0 spiro atoms. The number of nitrogens with zero attached hydrogens (tertiary/aromatic N) is 5. The van der Waals surface area contributed by atoms with Gasteiger partial charge in [0.1, 0.15) is 28.8 Å². The van der Waals surface area contributed by atoms with Crippen molar-refractivity contribution in [1.29, 1.82) is 5.26 Å². The van der Waals surface area contributed by atoms with E-state index in [0.29, 0.717) is 11.2 Å². The summed E-state index contributed by atoms with van der Waals surface area (Å²) >= 11 is 0. The zero-order valence-corrected chi connectivity index (χ0v) is 18.5. The van der Waals surface area contributed by atoms with Gasteiger partial charge in [-0.3, -0.25) is 0 Å². The summed E-state index contributed by atoms with van der Waals surface area (Å²) in [6.45, 7) is 4.75. The highest BCUT2D eigenvalue weighted by Gasteiger charge is 2.20. The summed E-state index contributed by atoms with van der Waals surface area (Å²) in [7, 11) is 1.94. The normalized spacial score (nSPS) is 11.9. The van der Waals surface area contributed by atoms with Crippen molar-refractivity contribution in [2.45, 2.75) is 32.8 Å². The predicted molar refractivity (Wildman–Crippen MR) is 124 cm³/mol. The Balaban J connectivity index is 1.79. The molecule has 0 aliphatic rings. The zero-order chi connectivity index (χ0) is 22.5. The van der Waals surface area contributed by atoms with Gasteiger partial charge in [-0.25, -0.2) is 4.68 Å². The number of benzene rings is 2. The van der Waals surface area contributed by atoms with Crippen LogP contribution < -0.4 is 10.1 Å². The van der Waals surface area contributed by atoms with E-state index in [0.717, 1.165) is 46.7 Å². The van der Waals surface area contributed by atoms with E-state index in [1.165, 1.54) is 0 Å². The number of aryl methyl sites for hydroxylation is 2. The predicted octanol–water partition coefficient (Wildman–Crippen LogP) is 4.23. The largest absolute Gasteiger partial charge is 0.483 e. The van der Waals surface area contributed by atoms with Gasteiger partial charge < -0.3 is 10.1 Å². The van der Waals surface area contributed by atoms with Crippen LogP contribution in [0.1, 0.15) is 35.2 Å². The summed E-state index contributed by atoms with van der Waals surface area (Å²) in [5.41, 5.74) is 4.99. The minimum atomic E-state index is -0.102. The molecule has 2 heterocycles. The standard InChI is InChI=1S/C25H26N6O/c1-17-24-18(2)31(30-25(24)20(13-15-26)29-28-17)21-11-7-8-12-23(21)32-22(14-16-27-3)19-9-5-4-6-10-19/h4-12,22,27H,13-14,16H2,1-3H3. The van der Waals surface area contributed by atoms with E-state index >= 15 is 0 Å². The number of ether oxygens (including phenoxy) is 1. The van der Waals surface area contributed by atoms with E-state index in [4.69, 9.17) is 9.84 Å². The van der Waals surface area contributed by atoms with Crippen LogP contribution in [-0.2, 0) is 6.42 Å². The van der Waals surface area contributed by atoms with Gasteiger partial charge in [0.15, 0.2) is 0 Å². The van der Waals surface area contributed by atoms with Gasteiger partial charge in [0.25, 0.3) is 0 Å². The molecule has 1 unspecified atom stereocenters. The molecule has 0 amide bonds. The van der Waals surface area contributed by atoms with E-state index in [2.05, 4.69) is 33.7 Å². The maximum Gasteiger partial charge on any atom is 0.145 e. The first-order chi connectivity index (χ1) is 15.6. The minimum absolute atomic E-state index is 0.102. The first-order valence-corrected chi connectivity index (χ1v) is 10.7. The lowest BCUT2D eigenvalue weighted by Gasteiger charge is -2.22. The van der Waals surface area contributed by atoms with E-state index in [-0.39, 0.29) is 12.5 Å². The van der Waals surface area contributed by atoms with E-state index in [1.807, 2.05) is 68.0 Å². The monoisotopic (exact) mass is 426 g/mol. The lowest BCUT2D eigenvalue weighted by molar-refractivity contribution is 0.194. The zero-order valence-electron chi connectivity index (χ0n) is 18.5. The van der Waals surface area contributed by atoms with Crippen molar-refractivity contribution in [1.82, 2.24) is 25.3 Å². The molecule has 0 saturated heterocycles. The molecule has 4 aromatic rings. The number of hydrogen-bond acceptors (Lipinski definition) is 6. The van der Waals surface area contributed by atoms with E-state index in [9.17, 15) is 5.26 Å². The Morgan fingerprint density at radius 3 is 2.56 bits per heavy atom. The van der Waals surface area contributed by atoms with Crippen molar-refractivity contribution >= 4 is 10.9 Å². The highest BCUT2D eigenvalue weighted by molar-refractivity contribution is 5.86. The van der Waals surface area contributed by atoms with Crippen molar-refractivity contribution in [2.24, 2.45) is 0 Å². The van der Waals surface area contributed by atoms with Crippen LogP contribution in [0.25, 0.3) is 16.6 Å². The number of aromatic nitrogens is 4. The Kier molecular flexibility index (Phi) is 6.43. The van der Waals surface area contributed by atoms with Gasteiger partial charge in [0.2, 0.25) is 0 Å². The van der Waals surface area contributed by atoms with Crippen LogP contribution in [0.3, 0.4) is 0 Å². The number of fused-ring (bicyclic) bond motifs is 1. The first-order valence-electron chi connectivity index (χ1n) is 10.7. The highest BCUT2D eigenvalue weighted by Crippen LogP contribution is 2.32. The Labute approximate surface area is 187 Å². The quantitative estimate of drug-likeness (QED) is 0.454. The molecule has 7 heteroatoms. The molecule has 0 aliphatic carbocycles. The third kappa shape index (κ3) is 4.18. The molecule has 0 saturated carbocycles. The lowest BCUT2D eigenvalue weighted by atomic mass is 10.1. The number of nitrogens with one attached hydrogen (secondary N) is 1. The summed E-state index contributed by atoms with van der Waals surface area (Å²) < 4.78 is 8.44. The van der Waals surface area contributed by atoms with Crippen molar-refractivity contribution < 1.29 is 4.74 Å². The third-order valence-corrected chi connectivity index (χ3v) is 5.51. The van der Waals surface area contributed by atoms with Crippen LogP contribution in [0, 0.1) is 25.2 Å². The Morgan fingerprint density at radius 2 is 1.81 bits per heavy atom. The van der Waals surface area contributed by atoms with E-state index < -0.39 is 0 Å². The topological polar surface area (TPSA) is 88.6 Å². The smallest absolute Gasteiger partial charge is 0.145 e. The lowest BCUT2D eigenvalue weighted by Crippen LogP contribution is -2.17. The second-order valence-corrected chi connectivity index (χ2v) is 7.66. The van der Waals surface area contributed by atoms with Crippen LogP contribution in [-0.4, -0.2) is 33.6 Å². The molecular weight excluding hydrogens is 400 g/mol. The maximum absolute atomic E-state index is 9.19. The SMILES string of the molecule is CNCCC(Oc1ccccc1-n1nc2c(CC#N)nnc(C)c2c1C)c1ccccc1. The van der Waals surface area contributed by atoms with Crippen LogP contribution in [0.4, 0.5) is 0 Å². The van der Waals surface area contributed by atoms with Crippen molar-refractivity contribution in [3.05, 3.63) is 77.2 Å².